The first-order valence-corrected chi connectivity index (χ1v) is 9.39. The van der Waals surface area contributed by atoms with Crippen molar-refractivity contribution in [1.82, 2.24) is 5.32 Å². The zero-order chi connectivity index (χ0) is 18.2. The van der Waals surface area contributed by atoms with E-state index >= 15 is 0 Å². The number of ether oxygens (including phenoxy) is 1. The molecule has 0 heterocycles. The van der Waals surface area contributed by atoms with Crippen LogP contribution < -0.4 is 15.4 Å². The molecule has 2 rings (SSSR count). The molecule has 0 fully saturated rings. The summed E-state index contributed by atoms with van der Waals surface area (Å²) in [4.78, 5) is 10.2. The highest BCUT2D eigenvalue weighted by Crippen LogP contribution is 2.32. The third-order valence-corrected chi connectivity index (χ3v) is 4.45. The fourth-order valence-corrected chi connectivity index (χ4v) is 3.70. The van der Waals surface area contributed by atoms with E-state index in [2.05, 4.69) is 42.5 Å². The van der Waals surface area contributed by atoms with Crippen LogP contribution in [-0.4, -0.2) is 24.6 Å². The topological polar surface area (TPSA) is 76.4 Å². The van der Waals surface area contributed by atoms with Crippen LogP contribution in [0.4, 0.5) is 11.4 Å². The molecule has 2 aromatic carbocycles. The van der Waals surface area contributed by atoms with Gasteiger partial charge in [-0.05, 0) is 47.1 Å². The van der Waals surface area contributed by atoms with E-state index in [4.69, 9.17) is 4.74 Å². The molecular weight excluding hydrogens is 454 g/mol. The fraction of sp³-hybridized carbons (Fsp3) is 0.294. The number of rotatable bonds is 9. The zero-order valence-electron chi connectivity index (χ0n) is 13.7. The van der Waals surface area contributed by atoms with Gasteiger partial charge in [0.25, 0.3) is 5.69 Å². The van der Waals surface area contributed by atoms with Gasteiger partial charge in [-0.1, -0.05) is 15.9 Å². The zero-order valence-corrected chi connectivity index (χ0v) is 16.9. The van der Waals surface area contributed by atoms with Gasteiger partial charge in [0.05, 0.1) is 16.0 Å². The number of non-ortho nitro benzene ring substituents is 1. The Morgan fingerprint density at radius 3 is 2.52 bits per heavy atom. The Morgan fingerprint density at radius 2 is 1.88 bits per heavy atom. The average molecular weight is 473 g/mol. The quantitative estimate of drug-likeness (QED) is 0.313. The number of anilines is 1. The maximum absolute atomic E-state index is 10.6. The minimum Gasteiger partial charge on any atom is -0.492 e. The molecule has 0 unspecified atom stereocenters. The smallest absolute Gasteiger partial charge is 0.269 e. The van der Waals surface area contributed by atoms with Crippen molar-refractivity contribution in [2.24, 2.45) is 0 Å². The lowest BCUT2D eigenvalue weighted by Gasteiger charge is -2.14. The summed E-state index contributed by atoms with van der Waals surface area (Å²) in [5.41, 5.74) is 2.01. The van der Waals surface area contributed by atoms with Gasteiger partial charge in [0.1, 0.15) is 5.75 Å². The summed E-state index contributed by atoms with van der Waals surface area (Å²) < 4.78 is 7.61. The summed E-state index contributed by atoms with van der Waals surface area (Å²) in [6.45, 7) is 4.69. The number of hydrogen-bond acceptors (Lipinski definition) is 5. The standard InChI is InChI=1S/C17H19Br2N3O3/c1-2-25-17-12(9-13(18)10-16(17)19)11-20-7-8-21-14-3-5-15(6-4-14)22(23)24/h3-6,9-10,20-21H,2,7-8,11H2,1H3. The van der Waals surface area contributed by atoms with Gasteiger partial charge in [0.15, 0.2) is 0 Å². The van der Waals surface area contributed by atoms with E-state index in [1.165, 1.54) is 12.1 Å². The normalized spacial score (nSPS) is 10.5. The third-order valence-electron chi connectivity index (χ3n) is 3.40. The van der Waals surface area contributed by atoms with Crippen LogP contribution in [0.25, 0.3) is 0 Å². The molecule has 0 aliphatic rings. The molecule has 6 nitrogen and oxygen atoms in total. The molecule has 134 valence electrons. The van der Waals surface area contributed by atoms with Crippen molar-refractivity contribution in [2.75, 3.05) is 25.0 Å². The number of hydrogen-bond donors (Lipinski definition) is 2. The van der Waals surface area contributed by atoms with Gasteiger partial charge in [-0.3, -0.25) is 10.1 Å². The number of nitrogens with zero attached hydrogens (tertiary/aromatic N) is 1. The molecule has 8 heteroatoms. The summed E-state index contributed by atoms with van der Waals surface area (Å²) in [5, 5.41) is 17.2. The van der Waals surface area contributed by atoms with Gasteiger partial charge in [-0.25, -0.2) is 0 Å². The highest BCUT2D eigenvalue weighted by Gasteiger charge is 2.09. The Balaban J connectivity index is 1.82. The summed E-state index contributed by atoms with van der Waals surface area (Å²) in [6, 6.07) is 10.4. The molecule has 0 amide bonds. The van der Waals surface area contributed by atoms with Crippen LogP contribution in [0.3, 0.4) is 0 Å². The Morgan fingerprint density at radius 1 is 1.16 bits per heavy atom. The molecule has 0 aromatic heterocycles. The predicted octanol–water partition coefficient (Wildman–Crippen LogP) is 4.72. The Labute approximate surface area is 163 Å². The molecule has 0 aliphatic carbocycles. The van der Waals surface area contributed by atoms with Gasteiger partial charge >= 0.3 is 0 Å². The van der Waals surface area contributed by atoms with E-state index in [0.717, 1.165) is 32.5 Å². The number of benzene rings is 2. The SMILES string of the molecule is CCOc1c(Br)cc(Br)cc1CNCCNc1ccc([N+](=O)[O-])cc1. The van der Waals surface area contributed by atoms with Crippen LogP contribution >= 0.6 is 31.9 Å². The molecule has 2 aromatic rings. The molecule has 0 aliphatic heterocycles. The third kappa shape index (κ3) is 5.98. The summed E-state index contributed by atoms with van der Waals surface area (Å²) in [5.74, 6) is 0.849. The average Bonchev–Trinajstić information content (AvgIpc) is 2.58. The first-order chi connectivity index (χ1) is 12.0. The van der Waals surface area contributed by atoms with Crippen LogP contribution in [0.15, 0.2) is 45.3 Å². The molecule has 2 N–H and O–H groups in total. The van der Waals surface area contributed by atoms with E-state index in [9.17, 15) is 10.1 Å². The molecule has 0 radical (unpaired) electrons. The van der Waals surface area contributed by atoms with Crippen molar-refractivity contribution < 1.29 is 9.66 Å². The Bertz CT molecular complexity index is 724. The minimum absolute atomic E-state index is 0.0901. The van der Waals surface area contributed by atoms with Crippen molar-refractivity contribution in [3.05, 3.63) is 61.0 Å². The highest BCUT2D eigenvalue weighted by atomic mass is 79.9. The molecule has 0 bridgehead atoms. The van der Waals surface area contributed by atoms with Crippen molar-refractivity contribution >= 4 is 43.2 Å². The van der Waals surface area contributed by atoms with E-state index in [1.54, 1.807) is 12.1 Å². The first-order valence-electron chi connectivity index (χ1n) is 7.81. The van der Waals surface area contributed by atoms with Gasteiger partial charge < -0.3 is 15.4 Å². The van der Waals surface area contributed by atoms with Crippen LogP contribution in [0.5, 0.6) is 5.75 Å². The number of nitro benzene ring substituents is 1. The molecule has 0 saturated heterocycles. The van der Waals surface area contributed by atoms with Crippen LogP contribution in [0.1, 0.15) is 12.5 Å². The number of nitro groups is 1. The number of nitrogens with one attached hydrogen (secondary N) is 2. The minimum atomic E-state index is -0.405. The van der Waals surface area contributed by atoms with E-state index < -0.39 is 4.92 Å². The summed E-state index contributed by atoms with van der Waals surface area (Å²) in [7, 11) is 0. The van der Waals surface area contributed by atoms with Gasteiger partial charge in [0, 0.05) is 47.5 Å². The van der Waals surface area contributed by atoms with E-state index in [0.29, 0.717) is 19.7 Å². The summed E-state index contributed by atoms with van der Waals surface area (Å²) in [6.07, 6.45) is 0. The van der Waals surface area contributed by atoms with Crippen molar-refractivity contribution in [3.8, 4) is 5.75 Å². The highest BCUT2D eigenvalue weighted by molar-refractivity contribution is 9.11. The monoisotopic (exact) mass is 471 g/mol. The van der Waals surface area contributed by atoms with E-state index in [-0.39, 0.29) is 5.69 Å². The second-order valence-electron chi connectivity index (χ2n) is 5.22. The lowest BCUT2D eigenvalue weighted by atomic mass is 10.2. The Kier molecular flexibility index (Phi) is 7.67. The largest absolute Gasteiger partial charge is 0.492 e. The second kappa shape index (κ2) is 9.74. The van der Waals surface area contributed by atoms with Crippen molar-refractivity contribution in [3.63, 3.8) is 0 Å². The lowest BCUT2D eigenvalue weighted by Crippen LogP contribution is -2.22. The molecular formula is C17H19Br2N3O3. The van der Waals surface area contributed by atoms with Crippen molar-refractivity contribution in [1.29, 1.82) is 0 Å². The number of halogens is 2. The molecule has 0 atom stereocenters. The first kappa shape index (κ1) is 19.7. The Hall–Kier alpha value is -1.64. The maximum Gasteiger partial charge on any atom is 0.269 e. The second-order valence-corrected chi connectivity index (χ2v) is 6.99. The fourth-order valence-electron chi connectivity index (χ4n) is 2.27. The van der Waals surface area contributed by atoms with Gasteiger partial charge in [-0.15, -0.1) is 0 Å². The summed E-state index contributed by atoms with van der Waals surface area (Å²) >= 11 is 7.02. The van der Waals surface area contributed by atoms with Crippen LogP contribution in [0, 0.1) is 10.1 Å². The molecule has 0 saturated carbocycles. The van der Waals surface area contributed by atoms with Crippen molar-refractivity contribution in [2.45, 2.75) is 13.5 Å². The van der Waals surface area contributed by atoms with E-state index in [1.807, 2.05) is 19.1 Å². The van der Waals surface area contributed by atoms with Gasteiger partial charge in [-0.2, -0.15) is 0 Å². The molecule has 25 heavy (non-hydrogen) atoms. The lowest BCUT2D eigenvalue weighted by molar-refractivity contribution is -0.384. The van der Waals surface area contributed by atoms with Crippen LogP contribution in [-0.2, 0) is 6.54 Å². The van der Waals surface area contributed by atoms with Gasteiger partial charge in [0.2, 0.25) is 0 Å². The predicted molar refractivity (Wildman–Crippen MR) is 106 cm³/mol. The molecule has 0 spiro atoms. The maximum atomic E-state index is 10.6. The van der Waals surface area contributed by atoms with Crippen LogP contribution in [0.2, 0.25) is 0 Å².